The van der Waals surface area contributed by atoms with E-state index < -0.39 is 17.5 Å². The lowest BCUT2D eigenvalue weighted by Crippen LogP contribution is -2.04. The monoisotopic (exact) mass is 413 g/mol. The number of benzene rings is 2. The number of nitrogens with zero attached hydrogens (tertiary/aromatic N) is 4. The number of methoxy groups -OCH3 is 1. The summed E-state index contributed by atoms with van der Waals surface area (Å²) in [5.74, 6) is -2.75. The van der Waals surface area contributed by atoms with Crippen molar-refractivity contribution in [2.24, 2.45) is 0 Å². The SMILES string of the molecule is COc1cc(Nc2ccn(Cc3cc(F)c(F)c(F)c3)n2)ccc1-n1cnc(C)c1. The summed E-state index contributed by atoms with van der Waals surface area (Å²) in [7, 11) is 1.59. The zero-order valence-electron chi connectivity index (χ0n) is 16.2. The molecule has 0 spiro atoms. The van der Waals surface area contributed by atoms with E-state index in [1.165, 1.54) is 4.68 Å². The maximum absolute atomic E-state index is 13.4. The van der Waals surface area contributed by atoms with Gasteiger partial charge < -0.3 is 14.6 Å². The van der Waals surface area contributed by atoms with Crippen LogP contribution in [-0.2, 0) is 6.54 Å². The smallest absolute Gasteiger partial charge is 0.194 e. The summed E-state index contributed by atoms with van der Waals surface area (Å²) >= 11 is 0. The third kappa shape index (κ3) is 4.00. The standard InChI is InChI=1S/C21H18F3N5O/c1-13-10-28(12-25-13)18-4-3-15(9-19(18)30-2)26-20-5-6-29(27-20)11-14-7-16(22)21(24)17(23)8-14/h3-10,12H,11H2,1-2H3,(H,26,27). The molecule has 2 heterocycles. The van der Waals surface area contributed by atoms with Crippen LogP contribution in [0.1, 0.15) is 11.3 Å². The van der Waals surface area contributed by atoms with Crippen LogP contribution in [0.5, 0.6) is 5.75 Å². The van der Waals surface area contributed by atoms with Gasteiger partial charge in [-0.2, -0.15) is 5.10 Å². The highest BCUT2D eigenvalue weighted by molar-refractivity contribution is 5.63. The average Bonchev–Trinajstić information content (AvgIpc) is 3.34. The fourth-order valence-corrected chi connectivity index (χ4v) is 3.07. The Morgan fingerprint density at radius 1 is 1.07 bits per heavy atom. The molecule has 4 aromatic rings. The van der Waals surface area contributed by atoms with E-state index in [4.69, 9.17) is 4.74 Å². The minimum atomic E-state index is -1.48. The van der Waals surface area contributed by atoms with Gasteiger partial charge in [-0.1, -0.05) is 0 Å². The summed E-state index contributed by atoms with van der Waals surface area (Å²) in [6.07, 6.45) is 5.26. The maximum atomic E-state index is 13.4. The molecule has 4 rings (SSSR count). The van der Waals surface area contributed by atoms with Crippen LogP contribution in [0.4, 0.5) is 24.7 Å². The Hall–Kier alpha value is -3.75. The topological polar surface area (TPSA) is 56.9 Å². The average molecular weight is 413 g/mol. The first-order chi connectivity index (χ1) is 14.4. The molecule has 2 aromatic carbocycles. The molecule has 30 heavy (non-hydrogen) atoms. The van der Waals surface area contributed by atoms with E-state index in [-0.39, 0.29) is 12.1 Å². The number of ether oxygens (including phenoxy) is 1. The Balaban J connectivity index is 1.51. The van der Waals surface area contributed by atoms with Crippen LogP contribution >= 0.6 is 0 Å². The minimum Gasteiger partial charge on any atom is -0.494 e. The second-order valence-electron chi connectivity index (χ2n) is 6.71. The van der Waals surface area contributed by atoms with Crippen LogP contribution < -0.4 is 10.1 Å². The summed E-state index contributed by atoms with van der Waals surface area (Å²) < 4.78 is 48.7. The molecule has 0 amide bonds. The van der Waals surface area contributed by atoms with Gasteiger partial charge in [0, 0.05) is 30.2 Å². The number of hydrogen-bond acceptors (Lipinski definition) is 4. The van der Waals surface area contributed by atoms with Gasteiger partial charge in [0.25, 0.3) is 0 Å². The molecule has 0 atom stereocenters. The molecule has 0 saturated carbocycles. The summed E-state index contributed by atoms with van der Waals surface area (Å²) in [6.45, 7) is 2.00. The highest BCUT2D eigenvalue weighted by Gasteiger charge is 2.12. The molecule has 6 nitrogen and oxygen atoms in total. The number of halogens is 3. The Labute approximate surface area is 170 Å². The van der Waals surface area contributed by atoms with Crippen LogP contribution in [0.2, 0.25) is 0 Å². The third-order valence-electron chi connectivity index (χ3n) is 4.47. The van der Waals surface area contributed by atoms with Crippen molar-refractivity contribution < 1.29 is 17.9 Å². The highest BCUT2D eigenvalue weighted by Crippen LogP contribution is 2.28. The molecule has 0 bridgehead atoms. The zero-order valence-corrected chi connectivity index (χ0v) is 16.2. The first-order valence-corrected chi connectivity index (χ1v) is 9.06. The van der Waals surface area contributed by atoms with Gasteiger partial charge in [0.15, 0.2) is 23.3 Å². The van der Waals surface area contributed by atoms with Crippen molar-refractivity contribution in [1.82, 2.24) is 19.3 Å². The van der Waals surface area contributed by atoms with Crippen molar-refractivity contribution in [2.75, 3.05) is 12.4 Å². The zero-order chi connectivity index (χ0) is 21.3. The van der Waals surface area contributed by atoms with Gasteiger partial charge in [-0.15, -0.1) is 0 Å². The van der Waals surface area contributed by atoms with Gasteiger partial charge in [-0.05, 0) is 36.8 Å². The fraction of sp³-hybridized carbons (Fsp3) is 0.143. The van der Waals surface area contributed by atoms with Crippen molar-refractivity contribution in [3.05, 3.63) is 83.8 Å². The number of nitrogens with one attached hydrogen (secondary N) is 1. The number of imidazole rings is 1. The Bertz CT molecular complexity index is 1180. The van der Waals surface area contributed by atoms with E-state index in [1.54, 1.807) is 25.7 Å². The fourth-order valence-electron chi connectivity index (χ4n) is 3.07. The van der Waals surface area contributed by atoms with E-state index >= 15 is 0 Å². The normalized spacial score (nSPS) is 11.0. The second kappa shape index (κ2) is 7.94. The van der Waals surface area contributed by atoms with Gasteiger partial charge in [0.2, 0.25) is 0 Å². The molecule has 9 heteroatoms. The molecule has 1 N–H and O–H groups in total. The lowest BCUT2D eigenvalue weighted by molar-refractivity contribution is 0.413. The van der Waals surface area contributed by atoms with E-state index in [0.29, 0.717) is 11.6 Å². The number of aryl methyl sites for hydroxylation is 1. The molecule has 0 saturated heterocycles. The summed E-state index contributed by atoms with van der Waals surface area (Å²) in [5.41, 5.74) is 2.75. The Kier molecular flexibility index (Phi) is 5.18. The molecule has 0 aliphatic heterocycles. The molecule has 154 valence electrons. The van der Waals surface area contributed by atoms with Gasteiger partial charge in [0.05, 0.1) is 31.4 Å². The maximum Gasteiger partial charge on any atom is 0.194 e. The first kappa shape index (κ1) is 19.6. The Morgan fingerprint density at radius 3 is 2.50 bits per heavy atom. The predicted molar refractivity (Wildman–Crippen MR) is 106 cm³/mol. The number of anilines is 2. The van der Waals surface area contributed by atoms with Crippen molar-refractivity contribution in [1.29, 1.82) is 0 Å². The Morgan fingerprint density at radius 2 is 1.83 bits per heavy atom. The molecular formula is C21H18F3N5O. The predicted octanol–water partition coefficient (Wildman–Crippen LogP) is 4.60. The highest BCUT2D eigenvalue weighted by atomic mass is 19.2. The van der Waals surface area contributed by atoms with Crippen LogP contribution in [0.3, 0.4) is 0 Å². The van der Waals surface area contributed by atoms with E-state index in [1.807, 2.05) is 35.9 Å². The van der Waals surface area contributed by atoms with Crippen molar-refractivity contribution in [2.45, 2.75) is 13.5 Å². The first-order valence-electron chi connectivity index (χ1n) is 9.06. The molecule has 0 aliphatic carbocycles. The molecular weight excluding hydrogens is 395 g/mol. The lowest BCUT2D eigenvalue weighted by Gasteiger charge is -2.11. The van der Waals surface area contributed by atoms with Crippen molar-refractivity contribution >= 4 is 11.5 Å². The number of rotatable bonds is 6. The van der Waals surface area contributed by atoms with Crippen molar-refractivity contribution in [3.63, 3.8) is 0 Å². The van der Waals surface area contributed by atoms with Crippen LogP contribution in [0.25, 0.3) is 5.69 Å². The third-order valence-corrected chi connectivity index (χ3v) is 4.47. The molecule has 2 aromatic heterocycles. The summed E-state index contributed by atoms with van der Waals surface area (Å²) in [5, 5.41) is 7.49. The largest absolute Gasteiger partial charge is 0.494 e. The second-order valence-corrected chi connectivity index (χ2v) is 6.71. The van der Waals surface area contributed by atoms with Gasteiger partial charge in [0.1, 0.15) is 5.75 Å². The van der Waals surface area contributed by atoms with E-state index in [9.17, 15) is 13.2 Å². The molecule has 0 radical (unpaired) electrons. The van der Waals surface area contributed by atoms with Gasteiger partial charge >= 0.3 is 0 Å². The summed E-state index contributed by atoms with van der Waals surface area (Å²) in [4.78, 5) is 4.22. The quantitative estimate of drug-likeness (QED) is 0.470. The number of hydrogen-bond donors (Lipinski definition) is 1. The molecule has 0 unspecified atom stereocenters. The van der Waals surface area contributed by atoms with Crippen LogP contribution in [0, 0.1) is 24.4 Å². The van der Waals surface area contributed by atoms with Crippen LogP contribution in [-0.4, -0.2) is 26.4 Å². The number of aromatic nitrogens is 4. The summed E-state index contributed by atoms with van der Waals surface area (Å²) in [6, 6.07) is 9.22. The van der Waals surface area contributed by atoms with E-state index in [2.05, 4.69) is 15.4 Å². The molecule has 0 aliphatic rings. The van der Waals surface area contributed by atoms with Crippen LogP contribution in [0.15, 0.2) is 55.1 Å². The van der Waals surface area contributed by atoms with Gasteiger partial charge in [-0.25, -0.2) is 18.2 Å². The van der Waals surface area contributed by atoms with Crippen molar-refractivity contribution in [3.8, 4) is 11.4 Å². The lowest BCUT2D eigenvalue weighted by atomic mass is 10.2. The minimum absolute atomic E-state index is 0.0953. The molecule has 0 fully saturated rings. The van der Waals surface area contributed by atoms with Gasteiger partial charge in [-0.3, -0.25) is 4.68 Å². The van der Waals surface area contributed by atoms with E-state index in [0.717, 1.165) is 29.2 Å².